The number of hydrogen-bond donors (Lipinski definition) is 1. The van der Waals surface area contributed by atoms with Crippen LogP contribution in [0.4, 0.5) is 0 Å². The number of carboxylic acid groups (broad SMARTS) is 1. The van der Waals surface area contributed by atoms with Crippen LogP contribution in [0, 0.1) is 0 Å². The first-order valence-corrected chi connectivity index (χ1v) is 4.77. The average molecular weight is 209 g/mol. The van der Waals surface area contributed by atoms with Gasteiger partial charge in [0.15, 0.2) is 0 Å². The molecule has 0 aliphatic heterocycles. The Balaban J connectivity index is 2.25. The second-order valence-corrected chi connectivity index (χ2v) is 3.62. The maximum atomic E-state index is 10.7. The van der Waals surface area contributed by atoms with E-state index in [-0.39, 0.29) is 5.82 Å². The van der Waals surface area contributed by atoms with Crippen molar-refractivity contribution >= 4 is 17.3 Å². The summed E-state index contributed by atoms with van der Waals surface area (Å²) >= 11 is 1.49. The van der Waals surface area contributed by atoms with Crippen LogP contribution >= 0.6 is 11.3 Å². The van der Waals surface area contributed by atoms with E-state index in [2.05, 4.69) is 9.97 Å². The summed E-state index contributed by atoms with van der Waals surface area (Å²) in [5.41, 5.74) is 1.71. The molecule has 1 N–H and O–H groups in total. The second-order valence-electron chi connectivity index (χ2n) is 2.65. The minimum absolute atomic E-state index is 0.0541. The van der Waals surface area contributed by atoms with Gasteiger partial charge in [-0.3, -0.25) is 4.98 Å². The highest BCUT2D eigenvalue weighted by Crippen LogP contribution is 2.09. The fraction of sp³-hybridized carbons (Fsp3) is 0.125. The van der Waals surface area contributed by atoms with Crippen LogP contribution in [0.25, 0.3) is 0 Å². The molecule has 0 saturated heterocycles. The van der Waals surface area contributed by atoms with Crippen molar-refractivity contribution in [3.05, 3.63) is 34.8 Å². The summed E-state index contributed by atoms with van der Waals surface area (Å²) in [6.45, 7) is 0.506. The SMILES string of the molecule is O=C(O)c1nccn1Cc1cncs1. The molecule has 5 nitrogen and oxygen atoms in total. The number of imidazole rings is 1. The lowest BCUT2D eigenvalue weighted by molar-refractivity contribution is 0.0679. The Hall–Kier alpha value is -1.69. The topological polar surface area (TPSA) is 68.0 Å². The maximum absolute atomic E-state index is 10.7. The van der Waals surface area contributed by atoms with E-state index in [9.17, 15) is 4.79 Å². The third-order valence-corrected chi connectivity index (χ3v) is 2.48. The highest BCUT2D eigenvalue weighted by Gasteiger charge is 2.10. The Morgan fingerprint density at radius 2 is 2.50 bits per heavy atom. The molecule has 72 valence electrons. The molecule has 0 saturated carbocycles. The molecule has 2 aromatic rings. The van der Waals surface area contributed by atoms with E-state index in [4.69, 9.17) is 5.11 Å². The molecule has 0 unspecified atom stereocenters. The van der Waals surface area contributed by atoms with Crippen LogP contribution in [0.1, 0.15) is 15.5 Å². The molecule has 0 atom stereocenters. The van der Waals surface area contributed by atoms with E-state index in [0.29, 0.717) is 6.54 Å². The van der Waals surface area contributed by atoms with Gasteiger partial charge in [-0.1, -0.05) is 0 Å². The molecule has 0 amide bonds. The fourth-order valence-corrected chi connectivity index (χ4v) is 1.72. The number of aromatic carboxylic acids is 1. The van der Waals surface area contributed by atoms with Gasteiger partial charge in [0.2, 0.25) is 5.82 Å². The van der Waals surface area contributed by atoms with Crippen LogP contribution in [0.15, 0.2) is 24.1 Å². The molecule has 14 heavy (non-hydrogen) atoms. The van der Waals surface area contributed by atoms with E-state index >= 15 is 0 Å². The summed E-state index contributed by atoms with van der Waals surface area (Å²) in [4.78, 5) is 19.4. The number of carboxylic acids is 1. The summed E-state index contributed by atoms with van der Waals surface area (Å²) in [6.07, 6.45) is 4.84. The summed E-state index contributed by atoms with van der Waals surface area (Å²) in [6, 6.07) is 0. The first-order valence-electron chi connectivity index (χ1n) is 3.89. The van der Waals surface area contributed by atoms with Gasteiger partial charge >= 0.3 is 5.97 Å². The maximum Gasteiger partial charge on any atom is 0.372 e. The summed E-state index contributed by atoms with van der Waals surface area (Å²) in [5, 5.41) is 8.79. The molecule has 2 rings (SSSR count). The number of thiazole rings is 1. The minimum atomic E-state index is -1.01. The molecular formula is C8H7N3O2S. The van der Waals surface area contributed by atoms with Crippen LogP contribution < -0.4 is 0 Å². The smallest absolute Gasteiger partial charge is 0.372 e. The third-order valence-electron chi connectivity index (χ3n) is 1.72. The highest BCUT2D eigenvalue weighted by atomic mass is 32.1. The summed E-state index contributed by atoms with van der Waals surface area (Å²) < 4.78 is 1.58. The van der Waals surface area contributed by atoms with Gasteiger partial charge in [0.1, 0.15) is 0 Å². The van der Waals surface area contributed by atoms with Crippen molar-refractivity contribution in [3.8, 4) is 0 Å². The number of nitrogens with zero attached hydrogens (tertiary/aromatic N) is 3. The second kappa shape index (κ2) is 3.59. The highest BCUT2D eigenvalue weighted by molar-refractivity contribution is 7.09. The van der Waals surface area contributed by atoms with Gasteiger partial charge in [0, 0.05) is 23.5 Å². The molecule has 2 heterocycles. The van der Waals surface area contributed by atoms with Crippen molar-refractivity contribution in [2.24, 2.45) is 0 Å². The normalized spacial score (nSPS) is 10.3. The molecule has 0 aliphatic rings. The molecule has 0 spiro atoms. The van der Waals surface area contributed by atoms with Crippen LogP contribution in [-0.4, -0.2) is 25.6 Å². The Kier molecular flexibility index (Phi) is 2.28. The van der Waals surface area contributed by atoms with Crippen molar-refractivity contribution in [3.63, 3.8) is 0 Å². The van der Waals surface area contributed by atoms with Gasteiger partial charge in [-0.05, 0) is 0 Å². The summed E-state index contributed by atoms with van der Waals surface area (Å²) in [5.74, 6) is -0.960. The molecule has 0 aromatic carbocycles. The lowest BCUT2D eigenvalue weighted by atomic mass is 10.5. The van der Waals surface area contributed by atoms with E-state index in [1.54, 1.807) is 22.5 Å². The molecule has 6 heteroatoms. The monoisotopic (exact) mass is 209 g/mol. The van der Waals surface area contributed by atoms with E-state index < -0.39 is 5.97 Å². The molecule has 0 aliphatic carbocycles. The lowest BCUT2D eigenvalue weighted by Crippen LogP contribution is -2.09. The average Bonchev–Trinajstić information content (AvgIpc) is 2.75. The van der Waals surface area contributed by atoms with Crippen molar-refractivity contribution in [1.82, 2.24) is 14.5 Å². The lowest BCUT2D eigenvalue weighted by Gasteiger charge is -2.01. The zero-order valence-corrected chi connectivity index (χ0v) is 7.94. The molecule has 2 aromatic heterocycles. The number of aromatic nitrogens is 3. The first kappa shape index (κ1) is 8.89. The van der Waals surface area contributed by atoms with Crippen molar-refractivity contribution in [2.75, 3.05) is 0 Å². The zero-order valence-electron chi connectivity index (χ0n) is 7.12. The predicted octanol–water partition coefficient (Wildman–Crippen LogP) is 1.09. The van der Waals surface area contributed by atoms with Gasteiger partial charge in [-0.2, -0.15) is 0 Å². The number of rotatable bonds is 3. The molecule has 0 bridgehead atoms. The molecule has 0 radical (unpaired) electrons. The van der Waals surface area contributed by atoms with Crippen LogP contribution in [-0.2, 0) is 6.54 Å². The Labute approximate surface area is 83.7 Å². The van der Waals surface area contributed by atoms with E-state index in [0.717, 1.165) is 4.88 Å². The number of hydrogen-bond acceptors (Lipinski definition) is 4. The minimum Gasteiger partial charge on any atom is -0.475 e. The largest absolute Gasteiger partial charge is 0.475 e. The molecular weight excluding hydrogens is 202 g/mol. The van der Waals surface area contributed by atoms with Gasteiger partial charge in [0.05, 0.1) is 12.1 Å². The van der Waals surface area contributed by atoms with Gasteiger partial charge in [-0.25, -0.2) is 9.78 Å². The van der Waals surface area contributed by atoms with Crippen molar-refractivity contribution < 1.29 is 9.90 Å². The Morgan fingerprint density at radius 1 is 1.64 bits per heavy atom. The van der Waals surface area contributed by atoms with Crippen LogP contribution in [0.3, 0.4) is 0 Å². The van der Waals surface area contributed by atoms with Gasteiger partial charge in [0.25, 0.3) is 0 Å². The quantitative estimate of drug-likeness (QED) is 0.821. The van der Waals surface area contributed by atoms with E-state index in [1.807, 2.05) is 0 Å². The predicted molar refractivity (Wildman–Crippen MR) is 50.4 cm³/mol. The Bertz CT molecular complexity index is 435. The standard InChI is InChI=1S/C8H7N3O2S/c12-8(13)7-10-1-2-11(7)4-6-3-9-5-14-6/h1-3,5H,4H2,(H,12,13). The van der Waals surface area contributed by atoms with Crippen LogP contribution in [0.5, 0.6) is 0 Å². The van der Waals surface area contributed by atoms with Crippen molar-refractivity contribution in [1.29, 1.82) is 0 Å². The fourth-order valence-electron chi connectivity index (χ4n) is 1.12. The van der Waals surface area contributed by atoms with Crippen molar-refractivity contribution in [2.45, 2.75) is 6.54 Å². The van der Waals surface area contributed by atoms with E-state index in [1.165, 1.54) is 17.5 Å². The van der Waals surface area contributed by atoms with Crippen LogP contribution in [0.2, 0.25) is 0 Å². The Morgan fingerprint density at radius 3 is 3.14 bits per heavy atom. The third kappa shape index (κ3) is 1.64. The summed E-state index contributed by atoms with van der Waals surface area (Å²) in [7, 11) is 0. The first-order chi connectivity index (χ1) is 6.77. The van der Waals surface area contributed by atoms with Gasteiger partial charge in [-0.15, -0.1) is 11.3 Å². The zero-order chi connectivity index (χ0) is 9.97. The molecule has 0 fully saturated rings. The number of carbonyl (C=O) groups is 1. The van der Waals surface area contributed by atoms with Gasteiger partial charge < -0.3 is 9.67 Å².